The van der Waals surface area contributed by atoms with Crippen molar-refractivity contribution in [2.75, 3.05) is 26.2 Å². The number of amides is 3. The van der Waals surface area contributed by atoms with Crippen molar-refractivity contribution in [3.8, 4) is 0 Å². The highest BCUT2D eigenvalue weighted by Gasteiger charge is 2.76. The van der Waals surface area contributed by atoms with Gasteiger partial charge in [-0.3, -0.25) is 14.4 Å². The molecule has 0 radical (unpaired) electrons. The summed E-state index contributed by atoms with van der Waals surface area (Å²) in [5.41, 5.74) is 0.993. The van der Waals surface area contributed by atoms with Gasteiger partial charge in [-0.15, -0.1) is 24.9 Å². The highest BCUT2D eigenvalue weighted by molar-refractivity contribution is 8.02. The van der Waals surface area contributed by atoms with Crippen molar-refractivity contribution in [2.45, 2.75) is 62.2 Å². The molecule has 3 saturated heterocycles. The van der Waals surface area contributed by atoms with E-state index in [9.17, 15) is 19.5 Å². The average molecular weight is 540 g/mol. The third-order valence-corrected chi connectivity index (χ3v) is 10.5. The summed E-state index contributed by atoms with van der Waals surface area (Å²) in [7, 11) is 0. The fourth-order valence-corrected chi connectivity index (χ4v) is 9.27. The van der Waals surface area contributed by atoms with E-state index in [4.69, 9.17) is 0 Å². The van der Waals surface area contributed by atoms with Gasteiger partial charge in [0.15, 0.2) is 0 Å². The second-order valence-electron chi connectivity index (χ2n) is 10.9. The van der Waals surface area contributed by atoms with Crippen molar-refractivity contribution in [1.29, 1.82) is 0 Å². The summed E-state index contributed by atoms with van der Waals surface area (Å²) in [6.45, 7) is 15.2. The number of thioether (sulfide) groups is 1. The molecule has 3 unspecified atom stereocenters. The van der Waals surface area contributed by atoms with Crippen LogP contribution in [0.3, 0.4) is 0 Å². The van der Waals surface area contributed by atoms with E-state index < -0.39 is 28.7 Å². The molecule has 3 aliphatic rings. The first-order chi connectivity index (χ1) is 18.3. The largest absolute Gasteiger partial charge is 0.394 e. The van der Waals surface area contributed by atoms with Crippen LogP contribution in [0.4, 0.5) is 0 Å². The van der Waals surface area contributed by atoms with Gasteiger partial charge in [-0.1, -0.05) is 56.3 Å². The number of rotatable bonds is 12. The van der Waals surface area contributed by atoms with Gasteiger partial charge in [0.05, 0.1) is 29.2 Å². The fraction of sp³-hybridized carbons (Fsp3) is 0.567. The zero-order valence-corrected chi connectivity index (χ0v) is 23.6. The first-order valence-electron chi connectivity index (χ1n) is 13.7. The smallest absolute Gasteiger partial charge is 0.247 e. The normalized spacial score (nSPS) is 30.2. The van der Waals surface area contributed by atoms with Crippen molar-refractivity contribution >= 4 is 29.5 Å². The molecule has 7 nitrogen and oxygen atoms in total. The summed E-state index contributed by atoms with van der Waals surface area (Å²) in [6.07, 6.45) is 5.03. The molecule has 3 amide bonds. The molecule has 3 fully saturated rings. The highest BCUT2D eigenvalue weighted by atomic mass is 32.2. The molecule has 0 aliphatic carbocycles. The van der Waals surface area contributed by atoms with Gasteiger partial charge in [0.1, 0.15) is 6.04 Å². The molecule has 7 atom stereocenters. The second-order valence-corrected chi connectivity index (χ2v) is 12.4. The van der Waals surface area contributed by atoms with E-state index in [1.165, 1.54) is 0 Å². The zero-order valence-electron chi connectivity index (χ0n) is 22.8. The Morgan fingerprint density at radius 1 is 1.18 bits per heavy atom. The summed E-state index contributed by atoms with van der Waals surface area (Å²) in [5.74, 6) is -1.35. The molecule has 4 rings (SSSR count). The maximum Gasteiger partial charge on any atom is 0.247 e. The Bertz CT molecular complexity index is 1060. The molecule has 1 aromatic carbocycles. The Balaban J connectivity index is 1.77. The van der Waals surface area contributed by atoms with Crippen LogP contribution in [-0.4, -0.2) is 85.8 Å². The van der Waals surface area contributed by atoms with Gasteiger partial charge in [-0.05, 0) is 31.2 Å². The van der Waals surface area contributed by atoms with Crippen LogP contribution in [0.5, 0.6) is 0 Å². The topological polar surface area (TPSA) is 81.2 Å². The number of likely N-dealkylation sites (tertiary alicyclic amines) is 1. The number of nitrogens with zero attached hydrogens (tertiary/aromatic N) is 3. The lowest BCUT2D eigenvalue weighted by Crippen LogP contribution is -2.58. The minimum Gasteiger partial charge on any atom is -0.394 e. The number of aliphatic hydroxyl groups is 1. The van der Waals surface area contributed by atoms with E-state index in [2.05, 4.69) is 20.1 Å². The van der Waals surface area contributed by atoms with Crippen molar-refractivity contribution < 1.29 is 19.5 Å². The SMILES string of the molecule is C=CCN(Cc1ccccc1)C(=O)C1N([C@H](C)CO)C(=O)[C@@H]2[C@@H](C(=O)N(CC=C)CCC)[C@H]3CC(C)C12S3. The standard InChI is InChI=1S/C30H41N3O4S/c1-6-14-31(15-7-2)27(35)24-23-17-20(4)30(38-23)25(24)28(36)33(21(5)19-34)26(30)29(37)32(16-8-3)18-22-12-10-9-11-13-22/h6,8-13,20-21,23-26,34H,1,3,7,14-19H2,2,4-5H3/t20?,21-,23-,24+,25+,26?,30?/m1/s1. The fourth-order valence-electron chi connectivity index (χ4n) is 6.88. The van der Waals surface area contributed by atoms with Crippen LogP contribution < -0.4 is 0 Å². The Kier molecular flexibility index (Phi) is 8.72. The van der Waals surface area contributed by atoms with Gasteiger partial charge < -0.3 is 19.8 Å². The first kappa shape index (κ1) is 28.4. The lowest BCUT2D eigenvalue weighted by atomic mass is 9.65. The molecule has 0 aromatic heterocycles. The molecule has 206 valence electrons. The predicted octanol–water partition coefficient (Wildman–Crippen LogP) is 3.34. The van der Waals surface area contributed by atoms with E-state index in [1.807, 2.05) is 37.3 Å². The van der Waals surface area contributed by atoms with E-state index in [0.717, 1.165) is 18.4 Å². The van der Waals surface area contributed by atoms with Gasteiger partial charge in [0.25, 0.3) is 0 Å². The molecular weight excluding hydrogens is 498 g/mol. The van der Waals surface area contributed by atoms with E-state index >= 15 is 0 Å². The third-order valence-electron chi connectivity index (χ3n) is 8.47. The maximum atomic E-state index is 14.5. The zero-order chi connectivity index (χ0) is 27.6. The van der Waals surface area contributed by atoms with Crippen LogP contribution in [-0.2, 0) is 20.9 Å². The van der Waals surface area contributed by atoms with E-state index in [1.54, 1.807) is 45.5 Å². The quantitative estimate of drug-likeness (QED) is 0.412. The summed E-state index contributed by atoms with van der Waals surface area (Å²) < 4.78 is -0.717. The van der Waals surface area contributed by atoms with Gasteiger partial charge in [-0.2, -0.15) is 0 Å². The summed E-state index contributed by atoms with van der Waals surface area (Å²) in [4.78, 5) is 47.8. The number of hydrogen-bond donors (Lipinski definition) is 1. The van der Waals surface area contributed by atoms with Crippen molar-refractivity contribution in [2.24, 2.45) is 17.8 Å². The van der Waals surface area contributed by atoms with Crippen LogP contribution in [0.15, 0.2) is 55.6 Å². The van der Waals surface area contributed by atoms with Gasteiger partial charge in [-0.25, -0.2) is 0 Å². The van der Waals surface area contributed by atoms with Gasteiger partial charge in [0, 0.05) is 31.4 Å². The van der Waals surface area contributed by atoms with Crippen LogP contribution >= 0.6 is 11.8 Å². The first-order valence-corrected chi connectivity index (χ1v) is 14.6. The maximum absolute atomic E-state index is 14.5. The molecule has 1 spiro atoms. The molecular formula is C30H41N3O4S. The number of carbonyl (C=O) groups is 3. The minimum absolute atomic E-state index is 0.0144. The third kappa shape index (κ3) is 4.60. The van der Waals surface area contributed by atoms with Crippen molar-refractivity contribution in [1.82, 2.24) is 14.7 Å². The summed E-state index contributed by atoms with van der Waals surface area (Å²) >= 11 is 1.67. The van der Waals surface area contributed by atoms with Crippen LogP contribution in [0.2, 0.25) is 0 Å². The molecule has 3 aliphatic heterocycles. The second kappa shape index (κ2) is 11.7. The Labute approximate surface area is 230 Å². The van der Waals surface area contributed by atoms with E-state index in [0.29, 0.717) is 26.2 Å². The highest BCUT2D eigenvalue weighted by Crippen LogP contribution is 2.69. The predicted molar refractivity (Wildman–Crippen MR) is 151 cm³/mol. The number of hydrogen-bond acceptors (Lipinski definition) is 5. The van der Waals surface area contributed by atoms with Crippen molar-refractivity contribution in [3.63, 3.8) is 0 Å². The Morgan fingerprint density at radius 2 is 1.84 bits per heavy atom. The monoisotopic (exact) mass is 539 g/mol. The van der Waals surface area contributed by atoms with Gasteiger partial charge in [0.2, 0.25) is 17.7 Å². The van der Waals surface area contributed by atoms with Crippen LogP contribution in [0, 0.1) is 17.8 Å². The Hall–Kier alpha value is -2.58. The molecule has 38 heavy (non-hydrogen) atoms. The molecule has 3 heterocycles. The van der Waals surface area contributed by atoms with Crippen molar-refractivity contribution in [3.05, 3.63) is 61.2 Å². The van der Waals surface area contributed by atoms with Crippen LogP contribution in [0.1, 0.15) is 39.2 Å². The molecule has 8 heteroatoms. The number of benzene rings is 1. The Morgan fingerprint density at radius 3 is 2.45 bits per heavy atom. The summed E-state index contributed by atoms with van der Waals surface area (Å²) in [6, 6.07) is 8.49. The average Bonchev–Trinajstić information content (AvgIpc) is 3.51. The molecule has 1 aromatic rings. The molecule has 1 N–H and O–H groups in total. The van der Waals surface area contributed by atoms with E-state index in [-0.39, 0.29) is 35.5 Å². The lowest BCUT2D eigenvalue weighted by molar-refractivity contribution is -0.146. The number of carbonyl (C=O) groups excluding carboxylic acids is 3. The molecule has 0 saturated carbocycles. The number of aliphatic hydroxyl groups excluding tert-OH is 1. The van der Waals surface area contributed by atoms with Gasteiger partial charge >= 0.3 is 0 Å². The minimum atomic E-state index is -0.757. The van der Waals surface area contributed by atoms with Crippen LogP contribution in [0.25, 0.3) is 0 Å². The number of fused-ring (bicyclic) bond motifs is 1. The molecule has 2 bridgehead atoms. The lowest BCUT2D eigenvalue weighted by Gasteiger charge is -2.42. The summed E-state index contributed by atoms with van der Waals surface area (Å²) in [5, 5.41) is 10.1.